The van der Waals surface area contributed by atoms with Gasteiger partial charge >= 0.3 is 0 Å². The van der Waals surface area contributed by atoms with Crippen LogP contribution in [-0.2, 0) is 11.3 Å². The lowest BCUT2D eigenvalue weighted by molar-refractivity contribution is 0.178. The second kappa shape index (κ2) is 12.2. The predicted octanol–water partition coefficient (Wildman–Crippen LogP) is 4.18. The average molecular weight is 309 g/mol. The van der Waals surface area contributed by atoms with Crippen LogP contribution in [0.3, 0.4) is 0 Å². The van der Waals surface area contributed by atoms with Gasteiger partial charge in [-0.25, -0.2) is 9.97 Å². The van der Waals surface area contributed by atoms with Crippen LogP contribution < -0.4 is 10.1 Å². The number of nitrogens with zero attached hydrogens (tertiary/aromatic N) is 2. The zero-order valence-corrected chi connectivity index (χ0v) is 14.4. The first-order valence-electron chi connectivity index (χ1n) is 8.44. The van der Waals surface area contributed by atoms with E-state index in [4.69, 9.17) is 9.47 Å². The molecule has 0 aliphatic heterocycles. The van der Waals surface area contributed by atoms with E-state index in [-0.39, 0.29) is 0 Å². The first-order chi connectivity index (χ1) is 10.8. The summed E-state index contributed by atoms with van der Waals surface area (Å²) in [6, 6.07) is 0. The molecule has 0 fully saturated rings. The molecule has 0 aliphatic rings. The Bertz CT molecular complexity index is 399. The Hall–Kier alpha value is -1.36. The molecule has 126 valence electrons. The molecule has 0 unspecified atom stereocenters. The van der Waals surface area contributed by atoms with E-state index in [0.29, 0.717) is 18.3 Å². The summed E-state index contributed by atoms with van der Waals surface area (Å²) < 4.78 is 10.3. The highest BCUT2D eigenvalue weighted by Gasteiger charge is 2.07. The largest absolute Gasteiger partial charge is 0.493 e. The van der Waals surface area contributed by atoms with Gasteiger partial charge in [0.05, 0.1) is 19.9 Å². The van der Waals surface area contributed by atoms with E-state index in [0.717, 1.165) is 18.7 Å². The topological polar surface area (TPSA) is 56.3 Å². The maximum Gasteiger partial charge on any atom is 0.223 e. The summed E-state index contributed by atoms with van der Waals surface area (Å²) in [5.74, 6) is 1.32. The second-order valence-corrected chi connectivity index (χ2v) is 5.54. The maximum atomic E-state index is 5.22. The molecule has 0 amide bonds. The number of hydrogen-bond donors (Lipinski definition) is 1. The van der Waals surface area contributed by atoms with Crippen LogP contribution in [-0.4, -0.2) is 30.7 Å². The molecule has 5 heteroatoms. The van der Waals surface area contributed by atoms with Gasteiger partial charge in [-0.2, -0.15) is 0 Å². The van der Waals surface area contributed by atoms with Gasteiger partial charge in [0, 0.05) is 13.7 Å². The third-order valence-electron chi connectivity index (χ3n) is 3.64. The summed E-state index contributed by atoms with van der Waals surface area (Å²) in [7, 11) is 3.26. The van der Waals surface area contributed by atoms with Crippen molar-refractivity contribution in [3.63, 3.8) is 0 Å². The number of methoxy groups -OCH3 is 2. The van der Waals surface area contributed by atoms with E-state index >= 15 is 0 Å². The lowest BCUT2D eigenvalue weighted by Gasteiger charge is -2.09. The Kier molecular flexibility index (Phi) is 10.4. The van der Waals surface area contributed by atoms with Crippen LogP contribution >= 0.6 is 0 Å². The SMILES string of the molecule is CCCCCCCCCCNc1ncc(OC)c(COC)n1. The van der Waals surface area contributed by atoms with Gasteiger partial charge < -0.3 is 14.8 Å². The summed E-state index contributed by atoms with van der Waals surface area (Å²) in [6.07, 6.45) is 12.2. The number of ether oxygens (including phenoxy) is 2. The summed E-state index contributed by atoms with van der Waals surface area (Å²) in [4.78, 5) is 8.69. The lowest BCUT2D eigenvalue weighted by Crippen LogP contribution is -2.08. The quantitative estimate of drug-likeness (QED) is 0.554. The lowest BCUT2D eigenvalue weighted by atomic mass is 10.1. The third-order valence-corrected chi connectivity index (χ3v) is 3.64. The second-order valence-electron chi connectivity index (χ2n) is 5.54. The van der Waals surface area contributed by atoms with Crippen LogP contribution in [0.15, 0.2) is 6.20 Å². The van der Waals surface area contributed by atoms with Crippen molar-refractivity contribution in [3.05, 3.63) is 11.9 Å². The molecule has 1 N–H and O–H groups in total. The molecule has 0 aliphatic carbocycles. The fourth-order valence-corrected chi connectivity index (χ4v) is 2.36. The molecule has 0 spiro atoms. The van der Waals surface area contributed by atoms with Crippen molar-refractivity contribution in [1.82, 2.24) is 9.97 Å². The average Bonchev–Trinajstić information content (AvgIpc) is 2.54. The third kappa shape index (κ3) is 7.59. The molecule has 1 rings (SSSR count). The van der Waals surface area contributed by atoms with Crippen LogP contribution in [0, 0.1) is 0 Å². The van der Waals surface area contributed by atoms with Crippen LogP contribution in [0.5, 0.6) is 5.75 Å². The highest BCUT2D eigenvalue weighted by molar-refractivity contribution is 5.33. The van der Waals surface area contributed by atoms with E-state index in [2.05, 4.69) is 22.2 Å². The minimum absolute atomic E-state index is 0.429. The Morgan fingerprint density at radius 1 is 1.00 bits per heavy atom. The smallest absolute Gasteiger partial charge is 0.223 e. The summed E-state index contributed by atoms with van der Waals surface area (Å²) in [6.45, 7) is 3.59. The van der Waals surface area contributed by atoms with Gasteiger partial charge in [-0.3, -0.25) is 0 Å². The van der Waals surface area contributed by atoms with Gasteiger partial charge in [-0.1, -0.05) is 51.9 Å². The van der Waals surface area contributed by atoms with Gasteiger partial charge in [-0.15, -0.1) is 0 Å². The van der Waals surface area contributed by atoms with E-state index in [1.165, 1.54) is 44.9 Å². The number of nitrogens with one attached hydrogen (secondary N) is 1. The molecule has 0 bridgehead atoms. The number of rotatable bonds is 13. The first-order valence-corrected chi connectivity index (χ1v) is 8.44. The molecule has 0 saturated heterocycles. The molecule has 0 saturated carbocycles. The van der Waals surface area contributed by atoms with E-state index < -0.39 is 0 Å². The normalized spacial score (nSPS) is 10.7. The molecule has 1 heterocycles. The fourth-order valence-electron chi connectivity index (χ4n) is 2.36. The Morgan fingerprint density at radius 3 is 2.32 bits per heavy atom. The first kappa shape index (κ1) is 18.7. The molecule has 0 radical (unpaired) electrons. The molecule has 5 nitrogen and oxygen atoms in total. The number of hydrogen-bond acceptors (Lipinski definition) is 5. The summed E-state index contributed by atoms with van der Waals surface area (Å²) in [5.41, 5.74) is 0.776. The summed E-state index contributed by atoms with van der Waals surface area (Å²) >= 11 is 0. The van der Waals surface area contributed by atoms with Crippen molar-refractivity contribution in [3.8, 4) is 5.75 Å². The monoisotopic (exact) mass is 309 g/mol. The van der Waals surface area contributed by atoms with Crippen LogP contribution in [0.25, 0.3) is 0 Å². The van der Waals surface area contributed by atoms with Crippen molar-refractivity contribution in [2.45, 2.75) is 64.9 Å². The van der Waals surface area contributed by atoms with Gasteiger partial charge in [0.2, 0.25) is 5.95 Å². The van der Waals surface area contributed by atoms with Gasteiger partial charge in [-0.05, 0) is 6.42 Å². The number of unbranched alkanes of at least 4 members (excludes halogenated alkanes) is 7. The minimum atomic E-state index is 0.429. The Morgan fingerprint density at radius 2 is 1.68 bits per heavy atom. The van der Waals surface area contributed by atoms with E-state index in [1.54, 1.807) is 20.4 Å². The Balaban J connectivity index is 2.18. The maximum absolute atomic E-state index is 5.22. The van der Waals surface area contributed by atoms with Crippen molar-refractivity contribution < 1.29 is 9.47 Å². The zero-order valence-electron chi connectivity index (χ0n) is 14.4. The van der Waals surface area contributed by atoms with Gasteiger partial charge in [0.25, 0.3) is 0 Å². The Labute approximate surface area is 134 Å². The van der Waals surface area contributed by atoms with Crippen LogP contribution in [0.2, 0.25) is 0 Å². The molecular formula is C17H31N3O2. The molecule has 0 atom stereocenters. The summed E-state index contributed by atoms with van der Waals surface area (Å²) in [5, 5.41) is 3.27. The van der Waals surface area contributed by atoms with Crippen LogP contribution in [0.4, 0.5) is 5.95 Å². The van der Waals surface area contributed by atoms with E-state index in [9.17, 15) is 0 Å². The highest BCUT2D eigenvalue weighted by atomic mass is 16.5. The van der Waals surface area contributed by atoms with Crippen molar-refractivity contribution in [2.24, 2.45) is 0 Å². The predicted molar refractivity (Wildman–Crippen MR) is 90.4 cm³/mol. The van der Waals surface area contributed by atoms with Crippen LogP contribution in [0.1, 0.15) is 64.0 Å². The molecule has 1 aromatic rings. The van der Waals surface area contributed by atoms with E-state index in [1.807, 2.05) is 0 Å². The molecule has 22 heavy (non-hydrogen) atoms. The molecular weight excluding hydrogens is 278 g/mol. The highest BCUT2D eigenvalue weighted by Crippen LogP contribution is 2.17. The molecule has 0 aromatic carbocycles. The number of aromatic nitrogens is 2. The van der Waals surface area contributed by atoms with Gasteiger partial charge in [0.1, 0.15) is 5.69 Å². The molecule has 1 aromatic heterocycles. The standard InChI is InChI=1S/C17H31N3O2/c1-4-5-6-7-8-9-10-11-12-18-17-19-13-16(22-3)15(20-17)14-21-2/h13H,4-12,14H2,1-3H3,(H,18,19,20). The van der Waals surface area contributed by atoms with Crippen molar-refractivity contribution in [1.29, 1.82) is 0 Å². The van der Waals surface area contributed by atoms with Gasteiger partial charge in [0.15, 0.2) is 5.75 Å². The zero-order chi connectivity index (χ0) is 16.0. The fraction of sp³-hybridized carbons (Fsp3) is 0.765. The minimum Gasteiger partial charge on any atom is -0.493 e. The van der Waals surface area contributed by atoms with Crippen molar-refractivity contribution in [2.75, 3.05) is 26.1 Å². The van der Waals surface area contributed by atoms with Crippen molar-refractivity contribution >= 4 is 5.95 Å². The number of anilines is 1.